The summed E-state index contributed by atoms with van der Waals surface area (Å²) in [5.41, 5.74) is 9.24. The summed E-state index contributed by atoms with van der Waals surface area (Å²) in [5, 5.41) is 22.4. The van der Waals surface area contributed by atoms with Gasteiger partial charge in [0.05, 0.1) is 11.9 Å². The van der Waals surface area contributed by atoms with Crippen LogP contribution < -0.4 is 5.43 Å². The second kappa shape index (κ2) is 8.18. The van der Waals surface area contributed by atoms with E-state index in [0.717, 1.165) is 46.4 Å². The molecule has 1 amide bonds. The van der Waals surface area contributed by atoms with Crippen LogP contribution in [-0.4, -0.2) is 27.4 Å². The Morgan fingerprint density at radius 2 is 1.70 bits per heavy atom. The van der Waals surface area contributed by atoms with Crippen molar-refractivity contribution >= 4 is 12.1 Å². The molecule has 0 bridgehead atoms. The molecule has 33 heavy (non-hydrogen) atoms. The maximum atomic E-state index is 12.9. The lowest BCUT2D eigenvalue weighted by atomic mass is 9.78. The van der Waals surface area contributed by atoms with E-state index in [0.29, 0.717) is 11.4 Å². The molecule has 0 saturated heterocycles. The van der Waals surface area contributed by atoms with Crippen molar-refractivity contribution in [3.63, 3.8) is 0 Å². The van der Waals surface area contributed by atoms with Crippen LogP contribution in [0.3, 0.4) is 0 Å². The first kappa shape index (κ1) is 22.8. The summed E-state index contributed by atoms with van der Waals surface area (Å²) in [5.74, 6) is 0.00537. The number of carbonyl (C=O) groups is 1. The van der Waals surface area contributed by atoms with Gasteiger partial charge in [0.25, 0.3) is 5.91 Å². The molecule has 1 aliphatic rings. The molecule has 2 aromatic carbocycles. The number of carbonyl (C=O) groups excluding carboxylic acids is 1. The zero-order valence-electron chi connectivity index (χ0n) is 20.2. The molecule has 6 heteroatoms. The number of benzene rings is 2. The van der Waals surface area contributed by atoms with E-state index in [9.17, 15) is 9.90 Å². The lowest BCUT2D eigenvalue weighted by molar-refractivity contribution is 0.0949. The predicted molar refractivity (Wildman–Crippen MR) is 132 cm³/mol. The van der Waals surface area contributed by atoms with Gasteiger partial charge in [-0.2, -0.15) is 10.2 Å². The molecule has 1 aliphatic carbocycles. The molecule has 6 nitrogen and oxygen atoms in total. The van der Waals surface area contributed by atoms with Gasteiger partial charge < -0.3 is 5.11 Å². The number of amides is 1. The van der Waals surface area contributed by atoms with Crippen molar-refractivity contribution in [2.75, 3.05) is 0 Å². The highest BCUT2D eigenvalue weighted by molar-refractivity contribution is 5.96. The van der Waals surface area contributed by atoms with Gasteiger partial charge in [-0.25, -0.2) is 5.43 Å². The number of aromatic amines is 1. The summed E-state index contributed by atoms with van der Waals surface area (Å²) in [6.45, 7) is 12.4. The summed E-state index contributed by atoms with van der Waals surface area (Å²) in [4.78, 5) is 12.9. The number of aromatic nitrogens is 2. The van der Waals surface area contributed by atoms with Crippen LogP contribution >= 0.6 is 0 Å². The minimum atomic E-state index is -0.315. The fourth-order valence-electron chi connectivity index (χ4n) is 4.34. The van der Waals surface area contributed by atoms with Gasteiger partial charge >= 0.3 is 0 Å². The van der Waals surface area contributed by atoms with E-state index in [1.54, 1.807) is 6.21 Å². The average molecular weight is 445 g/mol. The number of H-pyrrole nitrogens is 1. The summed E-state index contributed by atoms with van der Waals surface area (Å²) in [6.07, 6.45) is 3.27. The number of hydrogen-bond acceptors (Lipinski definition) is 4. The smallest absolute Gasteiger partial charge is 0.289 e. The third-order valence-electron chi connectivity index (χ3n) is 6.14. The Hall–Kier alpha value is -3.41. The standard InChI is InChI=1S/C27H32N4O2/c1-26(2,3)20-13-16(14-21(24(20)32)27(4,5)6)15-28-31-25(33)23-19-12-11-17-9-7-8-10-18(17)22(19)29-30-23/h7-10,13-15,32H,11-12H2,1-6H3,(H,29,30)(H,31,33). The van der Waals surface area contributed by atoms with E-state index in [2.05, 4.69) is 68.3 Å². The van der Waals surface area contributed by atoms with Gasteiger partial charge in [-0.3, -0.25) is 9.89 Å². The molecule has 0 radical (unpaired) electrons. The molecule has 1 aromatic heterocycles. The summed E-state index contributed by atoms with van der Waals surface area (Å²) in [7, 11) is 0. The second-order valence-corrected chi connectivity index (χ2v) is 10.7. The molecule has 0 fully saturated rings. The molecule has 172 valence electrons. The molecular formula is C27H32N4O2. The number of hydrogen-bond donors (Lipinski definition) is 3. The van der Waals surface area contributed by atoms with Crippen molar-refractivity contribution in [2.24, 2.45) is 5.10 Å². The lowest BCUT2D eigenvalue weighted by Gasteiger charge is -2.27. The minimum Gasteiger partial charge on any atom is -0.507 e. The Kier molecular flexibility index (Phi) is 5.64. The van der Waals surface area contributed by atoms with Crippen molar-refractivity contribution in [3.05, 3.63) is 69.9 Å². The van der Waals surface area contributed by atoms with Crippen LogP contribution in [0.15, 0.2) is 41.5 Å². The number of rotatable bonds is 3. The van der Waals surface area contributed by atoms with E-state index in [-0.39, 0.29) is 16.7 Å². The number of aromatic hydroxyl groups is 1. The highest BCUT2D eigenvalue weighted by atomic mass is 16.3. The van der Waals surface area contributed by atoms with Gasteiger partial charge in [0.15, 0.2) is 0 Å². The highest BCUT2D eigenvalue weighted by Gasteiger charge is 2.27. The molecule has 3 N–H and O–H groups in total. The number of hydrazone groups is 1. The first-order valence-corrected chi connectivity index (χ1v) is 11.3. The first-order chi connectivity index (χ1) is 15.5. The minimum absolute atomic E-state index is 0.234. The summed E-state index contributed by atoms with van der Waals surface area (Å²) >= 11 is 0. The number of nitrogens with one attached hydrogen (secondary N) is 2. The predicted octanol–water partition coefficient (Wildman–Crippen LogP) is 5.24. The van der Waals surface area contributed by atoms with Crippen LogP contribution in [0.25, 0.3) is 11.3 Å². The highest BCUT2D eigenvalue weighted by Crippen LogP contribution is 2.39. The fourth-order valence-corrected chi connectivity index (χ4v) is 4.34. The Bertz CT molecular complexity index is 1200. The average Bonchev–Trinajstić information content (AvgIpc) is 3.18. The summed E-state index contributed by atoms with van der Waals surface area (Å²) in [6, 6.07) is 12.0. The van der Waals surface area contributed by atoms with E-state index in [1.807, 2.05) is 30.3 Å². The largest absolute Gasteiger partial charge is 0.507 e. The normalized spacial score (nSPS) is 13.6. The van der Waals surface area contributed by atoms with Gasteiger partial charge in [0.1, 0.15) is 11.4 Å². The number of phenols is 1. The third-order valence-corrected chi connectivity index (χ3v) is 6.14. The molecule has 3 aromatic rings. The Morgan fingerprint density at radius 3 is 2.33 bits per heavy atom. The van der Waals surface area contributed by atoms with Crippen molar-refractivity contribution in [1.82, 2.24) is 15.6 Å². The van der Waals surface area contributed by atoms with Crippen molar-refractivity contribution in [1.29, 1.82) is 0 Å². The molecule has 0 spiro atoms. The van der Waals surface area contributed by atoms with E-state index in [1.165, 1.54) is 5.56 Å². The number of nitrogens with zero attached hydrogens (tertiary/aromatic N) is 2. The maximum absolute atomic E-state index is 12.9. The van der Waals surface area contributed by atoms with Crippen LogP contribution in [0.2, 0.25) is 0 Å². The number of fused-ring (bicyclic) bond motifs is 3. The maximum Gasteiger partial charge on any atom is 0.289 e. The topological polar surface area (TPSA) is 90.4 Å². The zero-order chi connectivity index (χ0) is 24.0. The lowest BCUT2D eigenvalue weighted by Crippen LogP contribution is -2.21. The Labute approximate surface area is 195 Å². The number of aryl methyl sites for hydroxylation is 1. The van der Waals surface area contributed by atoms with Crippen molar-refractivity contribution in [3.8, 4) is 17.0 Å². The third kappa shape index (κ3) is 4.42. The van der Waals surface area contributed by atoms with Crippen LogP contribution in [0.5, 0.6) is 5.75 Å². The molecule has 0 unspecified atom stereocenters. The van der Waals surface area contributed by atoms with Crippen molar-refractivity contribution < 1.29 is 9.90 Å². The first-order valence-electron chi connectivity index (χ1n) is 11.3. The molecule has 0 atom stereocenters. The fraction of sp³-hybridized carbons (Fsp3) is 0.370. The van der Waals surface area contributed by atoms with Gasteiger partial charge in [0.2, 0.25) is 0 Å². The van der Waals surface area contributed by atoms with Gasteiger partial charge in [-0.15, -0.1) is 0 Å². The monoisotopic (exact) mass is 444 g/mol. The van der Waals surface area contributed by atoms with Crippen LogP contribution in [-0.2, 0) is 23.7 Å². The molecular weight excluding hydrogens is 412 g/mol. The Balaban J connectivity index is 1.59. The number of phenolic OH excluding ortho intramolecular Hbond substituents is 1. The van der Waals surface area contributed by atoms with Crippen LogP contribution in [0.4, 0.5) is 0 Å². The molecule has 0 aliphatic heterocycles. The van der Waals surface area contributed by atoms with Gasteiger partial charge in [-0.1, -0.05) is 65.8 Å². The van der Waals surface area contributed by atoms with Crippen molar-refractivity contribution in [2.45, 2.75) is 65.2 Å². The van der Waals surface area contributed by atoms with E-state index in [4.69, 9.17) is 0 Å². The Morgan fingerprint density at radius 1 is 1.06 bits per heavy atom. The van der Waals surface area contributed by atoms with Crippen LogP contribution in [0, 0.1) is 0 Å². The van der Waals surface area contributed by atoms with Gasteiger partial charge in [-0.05, 0) is 46.9 Å². The SMILES string of the molecule is CC(C)(C)c1cc(C=NNC(=O)c2[nH]nc3c2CCc2ccccc2-3)cc(C(C)(C)C)c1O. The van der Waals surface area contributed by atoms with E-state index < -0.39 is 0 Å². The second-order valence-electron chi connectivity index (χ2n) is 10.7. The van der Waals surface area contributed by atoms with Crippen LogP contribution in [0.1, 0.15) is 79.8 Å². The molecule has 0 saturated carbocycles. The zero-order valence-corrected chi connectivity index (χ0v) is 20.2. The quantitative estimate of drug-likeness (QED) is 0.381. The van der Waals surface area contributed by atoms with E-state index >= 15 is 0 Å². The molecule has 1 heterocycles. The molecule has 4 rings (SSSR count). The van der Waals surface area contributed by atoms with Gasteiger partial charge in [0, 0.05) is 22.3 Å². The summed E-state index contributed by atoms with van der Waals surface area (Å²) < 4.78 is 0.